The number of halogens is 1. The Morgan fingerprint density at radius 2 is 2.00 bits per heavy atom. The van der Waals surface area contributed by atoms with Crippen LogP contribution in [0.15, 0.2) is 18.2 Å². The van der Waals surface area contributed by atoms with Crippen molar-refractivity contribution in [3.05, 3.63) is 35.1 Å². The average molecular weight is 211 g/mol. The lowest BCUT2D eigenvalue weighted by Gasteiger charge is -2.13. The van der Waals surface area contributed by atoms with E-state index in [0.29, 0.717) is 26.2 Å². The van der Waals surface area contributed by atoms with Gasteiger partial charge in [-0.25, -0.2) is 4.39 Å². The van der Waals surface area contributed by atoms with Gasteiger partial charge in [-0.2, -0.15) is 0 Å². The fourth-order valence-electron chi connectivity index (χ4n) is 1.59. The molecular formula is C11H14FNO2. The van der Waals surface area contributed by atoms with E-state index in [2.05, 4.69) is 0 Å². The first-order chi connectivity index (χ1) is 7.29. The topological polar surface area (TPSA) is 44.5 Å². The van der Waals surface area contributed by atoms with E-state index in [-0.39, 0.29) is 12.1 Å². The van der Waals surface area contributed by atoms with Crippen molar-refractivity contribution in [2.75, 3.05) is 6.54 Å². The summed E-state index contributed by atoms with van der Waals surface area (Å²) in [5.41, 5.74) is 7.26. The van der Waals surface area contributed by atoms with Crippen LogP contribution < -0.4 is 5.73 Å². The van der Waals surface area contributed by atoms with Crippen molar-refractivity contribution in [1.29, 1.82) is 0 Å². The smallest absolute Gasteiger partial charge is 0.159 e. The van der Waals surface area contributed by atoms with Gasteiger partial charge < -0.3 is 15.2 Å². The predicted octanol–water partition coefficient (Wildman–Crippen LogP) is 1.55. The van der Waals surface area contributed by atoms with E-state index < -0.39 is 0 Å². The maximum Gasteiger partial charge on any atom is 0.159 e. The molecule has 0 bridgehead atoms. The molecule has 0 aliphatic carbocycles. The lowest BCUT2D eigenvalue weighted by Crippen LogP contribution is -2.18. The number of nitrogens with two attached hydrogens (primary N) is 1. The zero-order valence-electron chi connectivity index (χ0n) is 8.41. The van der Waals surface area contributed by atoms with E-state index in [1.165, 1.54) is 12.1 Å². The quantitative estimate of drug-likeness (QED) is 0.807. The second-order valence-electron chi connectivity index (χ2n) is 3.54. The summed E-state index contributed by atoms with van der Waals surface area (Å²) in [6.07, 6.45) is 0.390. The highest BCUT2D eigenvalue weighted by Crippen LogP contribution is 2.20. The van der Waals surface area contributed by atoms with E-state index in [4.69, 9.17) is 15.2 Å². The van der Waals surface area contributed by atoms with Gasteiger partial charge in [0.1, 0.15) is 5.82 Å². The van der Waals surface area contributed by atoms with Gasteiger partial charge in [-0.3, -0.25) is 0 Å². The maximum absolute atomic E-state index is 13.0. The molecule has 1 aliphatic heterocycles. The van der Waals surface area contributed by atoms with E-state index in [1.807, 2.05) is 0 Å². The molecule has 0 radical (unpaired) electrons. The Morgan fingerprint density at radius 3 is 2.73 bits per heavy atom. The zero-order chi connectivity index (χ0) is 10.7. The molecule has 15 heavy (non-hydrogen) atoms. The van der Waals surface area contributed by atoms with Crippen LogP contribution in [0.3, 0.4) is 0 Å². The summed E-state index contributed by atoms with van der Waals surface area (Å²) in [4.78, 5) is 0. The summed E-state index contributed by atoms with van der Waals surface area (Å²) in [6.45, 7) is 1.37. The van der Waals surface area contributed by atoms with Crippen LogP contribution in [0.1, 0.15) is 17.5 Å². The van der Waals surface area contributed by atoms with Crippen LogP contribution in [0, 0.1) is 5.82 Å². The Labute approximate surface area is 88.0 Å². The number of hydrogen-bond donors (Lipinski definition) is 1. The molecule has 1 heterocycles. The molecule has 1 unspecified atom stereocenters. The van der Waals surface area contributed by atoms with E-state index >= 15 is 0 Å². The molecule has 1 aromatic rings. The van der Waals surface area contributed by atoms with Gasteiger partial charge in [-0.05, 0) is 29.8 Å². The van der Waals surface area contributed by atoms with Crippen LogP contribution in [0.25, 0.3) is 0 Å². The van der Waals surface area contributed by atoms with Crippen LogP contribution in [0.4, 0.5) is 4.39 Å². The summed E-state index contributed by atoms with van der Waals surface area (Å²) in [6, 6.07) is 4.66. The third kappa shape index (κ3) is 2.53. The van der Waals surface area contributed by atoms with Crippen molar-refractivity contribution >= 4 is 0 Å². The van der Waals surface area contributed by atoms with Gasteiger partial charge >= 0.3 is 0 Å². The summed E-state index contributed by atoms with van der Waals surface area (Å²) >= 11 is 0. The fraction of sp³-hybridized carbons (Fsp3) is 0.455. The minimum Gasteiger partial charge on any atom is -0.348 e. The molecule has 1 atom stereocenters. The molecule has 2 rings (SSSR count). The molecule has 0 saturated carbocycles. The summed E-state index contributed by atoms with van der Waals surface area (Å²) in [5.74, 6) is -0.241. The standard InChI is InChI=1S/C11H14FNO2/c12-10-2-1-8-6-14-11(3-4-13)15-7-9(8)5-10/h1-2,5,11H,3-4,6-7,13H2. The summed E-state index contributed by atoms with van der Waals surface area (Å²) in [7, 11) is 0. The Balaban J connectivity index is 2.11. The zero-order valence-corrected chi connectivity index (χ0v) is 8.41. The Bertz CT molecular complexity index is 343. The number of rotatable bonds is 2. The molecule has 3 nitrogen and oxygen atoms in total. The second-order valence-corrected chi connectivity index (χ2v) is 3.54. The highest BCUT2D eigenvalue weighted by molar-refractivity contribution is 5.27. The van der Waals surface area contributed by atoms with Gasteiger partial charge in [0.15, 0.2) is 6.29 Å². The van der Waals surface area contributed by atoms with Crippen molar-refractivity contribution in [2.45, 2.75) is 25.9 Å². The van der Waals surface area contributed by atoms with Crippen LogP contribution in [-0.2, 0) is 22.7 Å². The Kier molecular flexibility index (Phi) is 3.30. The molecule has 1 aliphatic rings. The maximum atomic E-state index is 13.0. The van der Waals surface area contributed by atoms with Gasteiger partial charge in [-0.15, -0.1) is 0 Å². The van der Waals surface area contributed by atoms with E-state index in [9.17, 15) is 4.39 Å². The highest BCUT2D eigenvalue weighted by atomic mass is 19.1. The van der Waals surface area contributed by atoms with Crippen LogP contribution >= 0.6 is 0 Å². The summed E-state index contributed by atoms with van der Waals surface area (Å²) in [5, 5.41) is 0. The molecule has 0 amide bonds. The number of benzene rings is 1. The number of fused-ring (bicyclic) bond motifs is 1. The van der Waals surface area contributed by atoms with Crippen LogP contribution in [0.2, 0.25) is 0 Å². The van der Waals surface area contributed by atoms with Crippen molar-refractivity contribution in [3.8, 4) is 0 Å². The Hall–Kier alpha value is -0.970. The van der Waals surface area contributed by atoms with Crippen molar-refractivity contribution in [3.63, 3.8) is 0 Å². The van der Waals surface area contributed by atoms with Crippen molar-refractivity contribution in [2.24, 2.45) is 5.73 Å². The van der Waals surface area contributed by atoms with Crippen molar-refractivity contribution in [1.82, 2.24) is 0 Å². The molecule has 82 valence electrons. The molecule has 0 fully saturated rings. The minimum absolute atomic E-state index is 0.241. The number of ether oxygens (including phenoxy) is 2. The highest BCUT2D eigenvalue weighted by Gasteiger charge is 2.16. The van der Waals surface area contributed by atoms with Gasteiger partial charge in [0.05, 0.1) is 13.2 Å². The fourth-order valence-corrected chi connectivity index (χ4v) is 1.59. The molecule has 2 N–H and O–H groups in total. The summed E-state index contributed by atoms with van der Waals surface area (Å²) < 4.78 is 23.9. The first-order valence-corrected chi connectivity index (χ1v) is 5.00. The molecular weight excluding hydrogens is 197 g/mol. The van der Waals surface area contributed by atoms with Crippen molar-refractivity contribution < 1.29 is 13.9 Å². The largest absolute Gasteiger partial charge is 0.348 e. The first kappa shape index (κ1) is 10.5. The SMILES string of the molecule is NCCC1OCc2ccc(F)cc2CO1. The molecule has 0 spiro atoms. The van der Waals surface area contributed by atoms with Gasteiger partial charge in [0, 0.05) is 6.42 Å². The molecule has 1 aromatic carbocycles. The van der Waals surface area contributed by atoms with E-state index in [0.717, 1.165) is 11.1 Å². The average Bonchev–Trinajstić information content (AvgIpc) is 2.42. The third-order valence-corrected chi connectivity index (χ3v) is 2.42. The normalized spacial score (nSPS) is 20.8. The Morgan fingerprint density at radius 1 is 1.27 bits per heavy atom. The predicted molar refractivity (Wildman–Crippen MR) is 53.4 cm³/mol. The molecule has 0 saturated heterocycles. The monoisotopic (exact) mass is 211 g/mol. The minimum atomic E-state index is -0.273. The third-order valence-electron chi connectivity index (χ3n) is 2.42. The van der Waals surface area contributed by atoms with Gasteiger partial charge in [0.2, 0.25) is 0 Å². The molecule has 0 aromatic heterocycles. The van der Waals surface area contributed by atoms with Crippen LogP contribution in [0.5, 0.6) is 0 Å². The van der Waals surface area contributed by atoms with Gasteiger partial charge in [0.25, 0.3) is 0 Å². The van der Waals surface area contributed by atoms with E-state index in [1.54, 1.807) is 6.07 Å². The van der Waals surface area contributed by atoms with Crippen LogP contribution in [-0.4, -0.2) is 12.8 Å². The van der Waals surface area contributed by atoms with Gasteiger partial charge in [-0.1, -0.05) is 6.07 Å². The lowest BCUT2D eigenvalue weighted by molar-refractivity contribution is -0.150. The second kappa shape index (κ2) is 4.70. The number of hydrogen-bond acceptors (Lipinski definition) is 3. The lowest BCUT2D eigenvalue weighted by atomic mass is 10.1. The first-order valence-electron chi connectivity index (χ1n) is 5.00. The molecule has 4 heteroatoms.